The maximum atomic E-state index is 12.2. The van der Waals surface area contributed by atoms with Gasteiger partial charge in [-0.3, -0.25) is 15.1 Å². The first kappa shape index (κ1) is 23.4. The number of nitrogens with one attached hydrogen (secondary N) is 1. The average Bonchev–Trinajstić information content (AvgIpc) is 2.87. The third-order valence-electron chi connectivity index (χ3n) is 5.34. The molecule has 4 rings (SSSR count). The number of nitrogens with two attached hydrogens (primary N) is 1. The van der Waals surface area contributed by atoms with E-state index in [2.05, 4.69) is 61.5 Å². The molecule has 0 saturated heterocycles. The fourth-order valence-electron chi connectivity index (χ4n) is 3.59. The molecule has 0 aliphatic carbocycles. The molecule has 6 nitrogen and oxygen atoms in total. The Morgan fingerprint density at radius 2 is 1.68 bits per heavy atom. The fourth-order valence-corrected chi connectivity index (χ4v) is 3.86. The lowest BCUT2D eigenvalue weighted by Gasteiger charge is -2.24. The molecule has 172 valence electrons. The smallest absolute Gasteiger partial charge is 0.257 e. The molecule has 0 radical (unpaired) electrons. The molecular formula is C27H26BrN5O. The van der Waals surface area contributed by atoms with Gasteiger partial charge in [-0.05, 0) is 54.4 Å². The Balaban J connectivity index is 1.42. The number of anilines is 1. The zero-order valence-electron chi connectivity index (χ0n) is 18.7. The molecule has 1 aromatic heterocycles. The molecule has 3 N–H and O–H groups in total. The topological polar surface area (TPSA) is 83.6 Å². The number of amides is 1. The predicted molar refractivity (Wildman–Crippen MR) is 142 cm³/mol. The van der Waals surface area contributed by atoms with Crippen molar-refractivity contribution in [2.75, 3.05) is 18.0 Å². The highest BCUT2D eigenvalue weighted by Crippen LogP contribution is 2.21. The summed E-state index contributed by atoms with van der Waals surface area (Å²) in [7, 11) is 0. The molecule has 7 heteroatoms. The van der Waals surface area contributed by atoms with Crippen LogP contribution in [0.5, 0.6) is 0 Å². The molecule has 0 aliphatic rings. The molecule has 0 aliphatic heterocycles. The average molecular weight is 516 g/mol. The molecule has 3 aromatic carbocycles. The molecule has 0 bridgehead atoms. The summed E-state index contributed by atoms with van der Waals surface area (Å²) in [6, 6.07) is 29.5. The van der Waals surface area contributed by atoms with Crippen LogP contribution in [0.25, 0.3) is 10.9 Å². The van der Waals surface area contributed by atoms with E-state index in [1.54, 1.807) is 12.1 Å². The third kappa shape index (κ3) is 6.42. The van der Waals surface area contributed by atoms with Crippen LogP contribution in [0.2, 0.25) is 0 Å². The number of carbonyl (C=O) groups excluding carboxylic acids is 1. The molecular weight excluding hydrogens is 490 g/mol. The predicted octanol–water partition coefficient (Wildman–Crippen LogP) is 5.14. The molecule has 1 amide bonds. The number of halogens is 1. The van der Waals surface area contributed by atoms with Crippen LogP contribution in [0.1, 0.15) is 22.3 Å². The van der Waals surface area contributed by atoms with Crippen LogP contribution in [0.15, 0.2) is 100 Å². The van der Waals surface area contributed by atoms with Crippen LogP contribution in [0.3, 0.4) is 0 Å². The number of aliphatic imine (C=N–C) groups is 1. The molecule has 0 atom stereocenters. The summed E-state index contributed by atoms with van der Waals surface area (Å²) in [4.78, 5) is 23.7. The molecule has 1 heterocycles. The van der Waals surface area contributed by atoms with Crippen molar-refractivity contribution in [3.05, 3.63) is 107 Å². The molecule has 0 unspecified atom stereocenters. The van der Waals surface area contributed by atoms with Crippen molar-refractivity contribution >= 4 is 44.5 Å². The zero-order valence-corrected chi connectivity index (χ0v) is 20.3. The van der Waals surface area contributed by atoms with Gasteiger partial charge < -0.3 is 10.6 Å². The Morgan fingerprint density at radius 3 is 2.47 bits per heavy atom. The lowest BCUT2D eigenvalue weighted by molar-refractivity contribution is 0.0976. The van der Waals surface area contributed by atoms with Gasteiger partial charge in [-0.25, -0.2) is 4.98 Å². The second-order valence-electron chi connectivity index (χ2n) is 7.85. The van der Waals surface area contributed by atoms with E-state index in [0.29, 0.717) is 12.1 Å². The Hall–Kier alpha value is -3.71. The van der Waals surface area contributed by atoms with Gasteiger partial charge in [0, 0.05) is 35.1 Å². The number of benzene rings is 3. The van der Waals surface area contributed by atoms with Crippen molar-refractivity contribution < 1.29 is 4.79 Å². The van der Waals surface area contributed by atoms with E-state index >= 15 is 0 Å². The first-order chi connectivity index (χ1) is 16.6. The summed E-state index contributed by atoms with van der Waals surface area (Å²) in [5.74, 6) is 0.771. The Morgan fingerprint density at radius 1 is 0.941 bits per heavy atom. The number of nitrogens with zero attached hydrogens (tertiary/aromatic N) is 3. The quantitative estimate of drug-likeness (QED) is 0.193. The number of hydrogen-bond acceptors (Lipinski definition) is 4. The van der Waals surface area contributed by atoms with E-state index in [1.807, 2.05) is 48.5 Å². The van der Waals surface area contributed by atoms with Crippen LogP contribution in [0.4, 0.5) is 5.82 Å². The second kappa shape index (κ2) is 11.4. The Bertz CT molecular complexity index is 1280. The number of para-hydroxylation sites is 1. The number of hydrogen-bond donors (Lipinski definition) is 2. The van der Waals surface area contributed by atoms with Crippen LogP contribution < -0.4 is 16.0 Å². The lowest BCUT2D eigenvalue weighted by atomic mass is 10.2. The van der Waals surface area contributed by atoms with Gasteiger partial charge in [0.15, 0.2) is 5.96 Å². The summed E-state index contributed by atoms with van der Waals surface area (Å²) in [6.45, 7) is 1.96. The van der Waals surface area contributed by atoms with Gasteiger partial charge in [-0.2, -0.15) is 0 Å². The van der Waals surface area contributed by atoms with Gasteiger partial charge in [0.1, 0.15) is 5.82 Å². The first-order valence-corrected chi connectivity index (χ1v) is 11.9. The van der Waals surface area contributed by atoms with Gasteiger partial charge in [0.2, 0.25) is 0 Å². The molecule has 34 heavy (non-hydrogen) atoms. The minimum Gasteiger partial charge on any atom is -0.370 e. The van der Waals surface area contributed by atoms with Gasteiger partial charge in [0.05, 0.1) is 5.52 Å². The molecule has 0 saturated carbocycles. The van der Waals surface area contributed by atoms with Crippen LogP contribution in [-0.4, -0.2) is 29.9 Å². The molecule has 0 spiro atoms. The van der Waals surface area contributed by atoms with Gasteiger partial charge in [-0.15, -0.1) is 0 Å². The second-order valence-corrected chi connectivity index (χ2v) is 8.77. The minimum atomic E-state index is -0.265. The third-order valence-corrected chi connectivity index (χ3v) is 5.87. The lowest BCUT2D eigenvalue weighted by Crippen LogP contribution is -2.37. The number of rotatable bonds is 8. The fraction of sp³-hybridized carbons (Fsp3) is 0.148. The highest BCUT2D eigenvalue weighted by Gasteiger charge is 2.11. The van der Waals surface area contributed by atoms with Gasteiger partial charge >= 0.3 is 0 Å². The maximum absolute atomic E-state index is 12.2. The van der Waals surface area contributed by atoms with E-state index in [9.17, 15) is 4.79 Å². The highest BCUT2D eigenvalue weighted by atomic mass is 79.9. The minimum absolute atomic E-state index is 0.122. The van der Waals surface area contributed by atoms with Crippen LogP contribution in [0, 0.1) is 0 Å². The van der Waals surface area contributed by atoms with Crippen molar-refractivity contribution in [2.45, 2.75) is 13.0 Å². The standard InChI is InChI=1S/C27H26BrN5O/c28-23-14-11-20(12-15-23)19-33(25-16-13-21-7-4-5-10-24(21)31-25)18-6-17-30-27(29)32-26(34)22-8-2-1-3-9-22/h1-5,7-16H,6,17-19H2,(H3,29,30,32,34). The Labute approximate surface area is 207 Å². The van der Waals surface area contributed by atoms with Crippen molar-refractivity contribution in [2.24, 2.45) is 10.7 Å². The summed E-state index contributed by atoms with van der Waals surface area (Å²) in [6.07, 6.45) is 0.757. The van der Waals surface area contributed by atoms with E-state index in [0.717, 1.165) is 40.7 Å². The SMILES string of the molecule is NC(=NCCCN(Cc1ccc(Br)cc1)c1ccc2ccccc2n1)NC(=O)c1ccccc1. The van der Waals surface area contributed by atoms with Gasteiger partial charge in [0.25, 0.3) is 5.91 Å². The molecule has 0 fully saturated rings. The van der Waals surface area contributed by atoms with Crippen LogP contribution >= 0.6 is 15.9 Å². The number of carbonyl (C=O) groups is 1. The van der Waals surface area contributed by atoms with E-state index in [1.165, 1.54) is 5.56 Å². The maximum Gasteiger partial charge on any atom is 0.257 e. The van der Waals surface area contributed by atoms with Crippen molar-refractivity contribution in [3.63, 3.8) is 0 Å². The summed E-state index contributed by atoms with van der Waals surface area (Å²) in [5, 5.41) is 3.75. The number of guanidine groups is 1. The van der Waals surface area contributed by atoms with Crippen LogP contribution in [-0.2, 0) is 6.54 Å². The zero-order chi connectivity index (χ0) is 23.8. The van der Waals surface area contributed by atoms with E-state index < -0.39 is 0 Å². The monoisotopic (exact) mass is 515 g/mol. The van der Waals surface area contributed by atoms with Crippen molar-refractivity contribution in [1.29, 1.82) is 0 Å². The largest absolute Gasteiger partial charge is 0.370 e. The van der Waals surface area contributed by atoms with E-state index in [4.69, 9.17) is 10.7 Å². The van der Waals surface area contributed by atoms with Crippen molar-refractivity contribution in [1.82, 2.24) is 10.3 Å². The normalized spacial score (nSPS) is 11.4. The number of pyridine rings is 1. The summed E-state index contributed by atoms with van der Waals surface area (Å²) in [5.41, 5.74) is 8.63. The summed E-state index contributed by atoms with van der Waals surface area (Å²) >= 11 is 3.50. The van der Waals surface area contributed by atoms with E-state index in [-0.39, 0.29) is 11.9 Å². The molecule has 4 aromatic rings. The van der Waals surface area contributed by atoms with Gasteiger partial charge in [-0.1, -0.05) is 64.5 Å². The Kier molecular flexibility index (Phi) is 7.88. The number of fused-ring (bicyclic) bond motifs is 1. The first-order valence-electron chi connectivity index (χ1n) is 11.1. The summed E-state index contributed by atoms with van der Waals surface area (Å²) < 4.78 is 1.05. The highest BCUT2D eigenvalue weighted by molar-refractivity contribution is 9.10. The number of aromatic nitrogens is 1. The van der Waals surface area contributed by atoms with Crippen molar-refractivity contribution in [3.8, 4) is 0 Å².